The van der Waals surface area contributed by atoms with Crippen molar-refractivity contribution in [3.05, 3.63) is 48.0 Å². The molecule has 4 N–H and O–H groups in total. The second-order valence-electron chi connectivity index (χ2n) is 6.86. The number of aliphatic hydroxyl groups excluding tert-OH is 1. The standard InChI is InChI=1S/C20H28N2O5S/c1-22(16-6-8-17(23)9-7-16)12-4-3-11-21-14-19(25)15-5-10-18(24)20(13-15)28(2,26)27/h5-10,13,19,21,23-25H,3-4,11-12,14H2,1-2H3. The number of nitrogens with zero attached hydrogens (tertiary/aromatic N) is 1. The number of hydrogen-bond donors (Lipinski definition) is 4. The summed E-state index contributed by atoms with van der Waals surface area (Å²) in [6.07, 6.45) is 2.03. The Morgan fingerprint density at radius 3 is 2.39 bits per heavy atom. The maximum absolute atomic E-state index is 11.7. The van der Waals surface area contributed by atoms with E-state index in [-0.39, 0.29) is 16.4 Å². The van der Waals surface area contributed by atoms with Crippen molar-refractivity contribution in [1.82, 2.24) is 5.32 Å². The van der Waals surface area contributed by atoms with Crippen molar-refractivity contribution in [3.63, 3.8) is 0 Å². The van der Waals surface area contributed by atoms with Gasteiger partial charge in [-0.2, -0.15) is 0 Å². The summed E-state index contributed by atoms with van der Waals surface area (Å²) in [5.74, 6) is -0.0682. The number of rotatable bonds is 10. The molecule has 0 aliphatic carbocycles. The molecule has 0 bridgehead atoms. The highest BCUT2D eigenvalue weighted by molar-refractivity contribution is 7.90. The van der Waals surface area contributed by atoms with Crippen LogP contribution in [0.2, 0.25) is 0 Å². The molecule has 0 aromatic heterocycles. The summed E-state index contributed by atoms with van der Waals surface area (Å²) in [7, 11) is -1.56. The van der Waals surface area contributed by atoms with Crippen LogP contribution in [0.25, 0.3) is 0 Å². The molecule has 154 valence electrons. The molecule has 1 atom stereocenters. The minimum atomic E-state index is -3.56. The molecule has 0 saturated carbocycles. The predicted molar refractivity (Wildman–Crippen MR) is 110 cm³/mol. The molecule has 0 amide bonds. The topological polar surface area (TPSA) is 110 Å². The molecule has 1 unspecified atom stereocenters. The second-order valence-corrected chi connectivity index (χ2v) is 8.85. The van der Waals surface area contributed by atoms with Crippen molar-refractivity contribution in [2.24, 2.45) is 0 Å². The lowest BCUT2D eigenvalue weighted by molar-refractivity contribution is 0.174. The number of anilines is 1. The SMILES string of the molecule is CN(CCCCNCC(O)c1ccc(O)c(S(C)(=O)=O)c1)c1ccc(O)cc1. The van der Waals surface area contributed by atoms with Gasteiger partial charge in [-0.15, -0.1) is 0 Å². The first-order valence-corrected chi connectivity index (χ1v) is 11.0. The number of hydrogen-bond acceptors (Lipinski definition) is 7. The number of aromatic hydroxyl groups is 2. The molecule has 2 aromatic rings. The Bertz CT molecular complexity index is 869. The second kappa shape index (κ2) is 9.77. The van der Waals surface area contributed by atoms with Crippen molar-refractivity contribution in [3.8, 4) is 11.5 Å². The molecular formula is C20H28N2O5S. The van der Waals surface area contributed by atoms with E-state index in [1.165, 1.54) is 18.2 Å². The lowest BCUT2D eigenvalue weighted by Gasteiger charge is -2.19. The summed E-state index contributed by atoms with van der Waals surface area (Å²) in [5.41, 5.74) is 1.48. The van der Waals surface area contributed by atoms with E-state index in [2.05, 4.69) is 10.2 Å². The van der Waals surface area contributed by atoms with Gasteiger partial charge >= 0.3 is 0 Å². The maximum Gasteiger partial charge on any atom is 0.179 e. The van der Waals surface area contributed by atoms with Gasteiger partial charge in [0.25, 0.3) is 0 Å². The van der Waals surface area contributed by atoms with Crippen LogP contribution in [0.4, 0.5) is 5.69 Å². The van der Waals surface area contributed by atoms with E-state index in [1.807, 2.05) is 19.2 Å². The van der Waals surface area contributed by atoms with Crippen LogP contribution in [0.1, 0.15) is 24.5 Å². The Labute approximate surface area is 166 Å². The number of phenolic OH excluding ortho intramolecular Hbond substituents is 2. The highest BCUT2D eigenvalue weighted by atomic mass is 32.2. The molecule has 2 aromatic carbocycles. The van der Waals surface area contributed by atoms with Crippen molar-refractivity contribution < 1.29 is 23.7 Å². The zero-order valence-electron chi connectivity index (χ0n) is 16.2. The van der Waals surface area contributed by atoms with Crippen LogP contribution in [0, 0.1) is 0 Å². The average molecular weight is 409 g/mol. The van der Waals surface area contributed by atoms with E-state index >= 15 is 0 Å². The Morgan fingerprint density at radius 1 is 1.07 bits per heavy atom. The first kappa shape index (κ1) is 22.0. The summed E-state index contributed by atoms with van der Waals surface area (Å²) in [6.45, 7) is 1.88. The molecule has 0 heterocycles. The highest BCUT2D eigenvalue weighted by Crippen LogP contribution is 2.26. The van der Waals surface area contributed by atoms with E-state index in [9.17, 15) is 23.7 Å². The van der Waals surface area contributed by atoms with Gasteiger partial charge < -0.3 is 25.5 Å². The molecule has 0 spiro atoms. The monoisotopic (exact) mass is 408 g/mol. The van der Waals surface area contributed by atoms with Crippen LogP contribution in [0.3, 0.4) is 0 Å². The molecule has 0 aliphatic rings. The molecule has 0 aliphatic heterocycles. The first-order valence-electron chi connectivity index (χ1n) is 9.10. The van der Waals surface area contributed by atoms with Crippen LogP contribution in [-0.4, -0.2) is 56.7 Å². The predicted octanol–water partition coefficient (Wildman–Crippen LogP) is 2.04. The summed E-state index contributed by atoms with van der Waals surface area (Å²) >= 11 is 0. The highest BCUT2D eigenvalue weighted by Gasteiger charge is 2.16. The summed E-state index contributed by atoms with van der Waals surface area (Å²) in [6, 6.07) is 11.2. The molecule has 0 fully saturated rings. The van der Waals surface area contributed by atoms with Gasteiger partial charge in [-0.3, -0.25) is 0 Å². The molecule has 8 heteroatoms. The summed E-state index contributed by atoms with van der Waals surface area (Å²) < 4.78 is 23.3. The Hall–Kier alpha value is -2.29. The molecule has 7 nitrogen and oxygen atoms in total. The van der Waals surface area contributed by atoms with Gasteiger partial charge in [0.2, 0.25) is 0 Å². The maximum atomic E-state index is 11.7. The van der Waals surface area contributed by atoms with Gasteiger partial charge in [0.15, 0.2) is 9.84 Å². The zero-order valence-corrected chi connectivity index (χ0v) is 17.0. The van der Waals surface area contributed by atoms with Crippen molar-refractivity contribution >= 4 is 15.5 Å². The number of phenols is 2. The lowest BCUT2D eigenvalue weighted by Crippen LogP contribution is -2.24. The quantitative estimate of drug-likeness (QED) is 0.445. The normalized spacial score (nSPS) is 12.7. The third-order valence-electron chi connectivity index (χ3n) is 4.49. The zero-order chi connectivity index (χ0) is 20.7. The van der Waals surface area contributed by atoms with Crippen molar-refractivity contribution in [1.29, 1.82) is 0 Å². The minimum Gasteiger partial charge on any atom is -0.508 e. The van der Waals surface area contributed by atoms with Gasteiger partial charge in [0.05, 0.1) is 6.10 Å². The first-order chi connectivity index (χ1) is 13.2. The number of sulfone groups is 1. The van der Waals surface area contributed by atoms with E-state index in [4.69, 9.17) is 0 Å². The number of unbranched alkanes of at least 4 members (excludes halogenated alkanes) is 1. The summed E-state index contributed by atoms with van der Waals surface area (Å²) in [4.78, 5) is 1.93. The molecule has 2 rings (SSSR count). The smallest absolute Gasteiger partial charge is 0.179 e. The Morgan fingerprint density at radius 2 is 1.75 bits per heavy atom. The van der Waals surface area contributed by atoms with Crippen LogP contribution < -0.4 is 10.2 Å². The Balaban J connectivity index is 1.73. The van der Waals surface area contributed by atoms with E-state index in [0.29, 0.717) is 12.1 Å². The number of nitrogens with one attached hydrogen (secondary N) is 1. The minimum absolute atomic E-state index is 0.179. The fourth-order valence-corrected chi connectivity index (χ4v) is 3.62. The lowest BCUT2D eigenvalue weighted by atomic mass is 10.1. The fraction of sp³-hybridized carbons (Fsp3) is 0.400. The number of aliphatic hydroxyl groups is 1. The third kappa shape index (κ3) is 6.40. The van der Waals surface area contributed by atoms with Crippen molar-refractivity contribution in [2.45, 2.75) is 23.8 Å². The van der Waals surface area contributed by atoms with Crippen LogP contribution in [0.5, 0.6) is 11.5 Å². The summed E-state index contributed by atoms with van der Waals surface area (Å²) in [5, 5.41) is 32.4. The molecule has 0 radical (unpaired) electrons. The van der Waals surface area contributed by atoms with Crippen LogP contribution >= 0.6 is 0 Å². The Kier molecular flexibility index (Phi) is 7.68. The van der Waals surface area contributed by atoms with Gasteiger partial charge in [-0.05, 0) is 61.3 Å². The molecule has 0 saturated heterocycles. The molecule has 28 heavy (non-hydrogen) atoms. The van der Waals surface area contributed by atoms with Gasteiger partial charge in [-0.25, -0.2) is 8.42 Å². The third-order valence-corrected chi connectivity index (χ3v) is 5.62. The van der Waals surface area contributed by atoms with Crippen molar-refractivity contribution in [2.75, 3.05) is 37.8 Å². The van der Waals surface area contributed by atoms with Gasteiger partial charge in [0.1, 0.15) is 16.4 Å². The number of benzene rings is 2. The fourth-order valence-electron chi connectivity index (χ4n) is 2.83. The van der Waals surface area contributed by atoms with E-state index < -0.39 is 15.9 Å². The van der Waals surface area contributed by atoms with Crippen LogP contribution in [-0.2, 0) is 9.84 Å². The van der Waals surface area contributed by atoms with Crippen LogP contribution in [0.15, 0.2) is 47.4 Å². The largest absolute Gasteiger partial charge is 0.508 e. The average Bonchev–Trinajstić information content (AvgIpc) is 2.64. The van der Waals surface area contributed by atoms with E-state index in [0.717, 1.165) is 37.9 Å². The van der Waals surface area contributed by atoms with Gasteiger partial charge in [-0.1, -0.05) is 6.07 Å². The van der Waals surface area contributed by atoms with E-state index in [1.54, 1.807) is 12.1 Å². The molecular weight excluding hydrogens is 380 g/mol. The van der Waals surface area contributed by atoms with Gasteiger partial charge in [0, 0.05) is 32.1 Å².